The van der Waals surface area contributed by atoms with Gasteiger partial charge in [-0.15, -0.1) is 0 Å². The Balaban J connectivity index is 2.15. The quantitative estimate of drug-likeness (QED) is 0.757. The number of carbonyl (C=O) groups excluding carboxylic acids is 2. The van der Waals surface area contributed by atoms with E-state index in [1.807, 2.05) is 0 Å². The molecule has 2 amide bonds. The topological polar surface area (TPSA) is 97.1 Å². The largest absolute Gasteiger partial charge is 0.330 e. The summed E-state index contributed by atoms with van der Waals surface area (Å²) in [7, 11) is 0. The van der Waals surface area contributed by atoms with Crippen molar-refractivity contribution in [3.05, 3.63) is 53.3 Å². The molecule has 2 rings (SSSR count). The Morgan fingerprint density at radius 1 is 1.17 bits per heavy atom. The maximum absolute atomic E-state index is 12.2. The van der Waals surface area contributed by atoms with Crippen LogP contribution in [0.4, 0.5) is 11.4 Å². The van der Waals surface area contributed by atoms with Crippen molar-refractivity contribution >= 4 is 34.8 Å². The Kier molecular flexibility index (Phi) is 6.08. The zero-order chi connectivity index (χ0) is 16.7. The van der Waals surface area contributed by atoms with Crippen LogP contribution in [0, 0.1) is 0 Å². The van der Waals surface area contributed by atoms with Crippen molar-refractivity contribution in [2.75, 3.05) is 17.2 Å². The number of halogens is 1. The van der Waals surface area contributed by atoms with Crippen LogP contribution in [0.1, 0.15) is 23.2 Å². The maximum atomic E-state index is 12.2. The summed E-state index contributed by atoms with van der Waals surface area (Å²) in [4.78, 5) is 28.0. The van der Waals surface area contributed by atoms with Gasteiger partial charge < -0.3 is 16.4 Å². The van der Waals surface area contributed by atoms with Gasteiger partial charge >= 0.3 is 0 Å². The molecule has 0 bridgehead atoms. The lowest BCUT2D eigenvalue weighted by molar-refractivity contribution is -0.116. The van der Waals surface area contributed by atoms with E-state index >= 15 is 0 Å². The number of nitrogens with zero attached hydrogens (tertiary/aromatic N) is 1. The molecule has 0 atom stereocenters. The highest BCUT2D eigenvalue weighted by molar-refractivity contribution is 6.31. The zero-order valence-electron chi connectivity index (χ0n) is 12.4. The number of hydrogen-bond donors (Lipinski definition) is 3. The number of nitrogens with one attached hydrogen (secondary N) is 2. The first kappa shape index (κ1) is 16.9. The summed E-state index contributed by atoms with van der Waals surface area (Å²) in [5.74, 6) is -0.507. The van der Waals surface area contributed by atoms with Gasteiger partial charge in [0.05, 0.1) is 16.9 Å². The fourth-order valence-corrected chi connectivity index (χ4v) is 2.07. The minimum atomic E-state index is -0.321. The molecule has 0 fully saturated rings. The molecule has 0 aliphatic heterocycles. The first-order chi connectivity index (χ1) is 11.1. The predicted molar refractivity (Wildman–Crippen MR) is 90.6 cm³/mol. The fraction of sp³-hybridized carbons (Fsp3) is 0.188. The van der Waals surface area contributed by atoms with Gasteiger partial charge in [0.1, 0.15) is 0 Å². The third-order valence-corrected chi connectivity index (χ3v) is 3.27. The average Bonchev–Trinajstić information content (AvgIpc) is 2.56. The van der Waals surface area contributed by atoms with Crippen molar-refractivity contribution in [2.24, 2.45) is 5.73 Å². The van der Waals surface area contributed by atoms with E-state index in [4.69, 9.17) is 17.3 Å². The molecule has 0 radical (unpaired) electrons. The lowest BCUT2D eigenvalue weighted by Gasteiger charge is -2.13. The molecular formula is C16H17ClN4O2. The van der Waals surface area contributed by atoms with E-state index in [0.717, 1.165) is 0 Å². The lowest BCUT2D eigenvalue weighted by atomic mass is 10.2. The second-order valence-electron chi connectivity index (χ2n) is 4.83. The molecule has 0 saturated carbocycles. The van der Waals surface area contributed by atoms with Crippen molar-refractivity contribution in [3.8, 4) is 0 Å². The van der Waals surface area contributed by atoms with Gasteiger partial charge in [0.2, 0.25) is 5.91 Å². The zero-order valence-corrected chi connectivity index (χ0v) is 13.1. The first-order valence-electron chi connectivity index (χ1n) is 7.11. The fourth-order valence-electron chi connectivity index (χ4n) is 1.90. The van der Waals surface area contributed by atoms with Gasteiger partial charge in [0, 0.05) is 23.8 Å². The lowest BCUT2D eigenvalue weighted by Crippen LogP contribution is -2.17. The Morgan fingerprint density at radius 2 is 2.00 bits per heavy atom. The van der Waals surface area contributed by atoms with Crippen molar-refractivity contribution in [1.29, 1.82) is 0 Å². The Hall–Kier alpha value is -2.44. The molecule has 6 nitrogen and oxygen atoms in total. The summed E-state index contributed by atoms with van der Waals surface area (Å²) in [5, 5.41) is 5.93. The van der Waals surface area contributed by atoms with Crippen molar-refractivity contribution < 1.29 is 9.59 Å². The molecule has 2 aromatic rings. The van der Waals surface area contributed by atoms with Gasteiger partial charge in [-0.2, -0.15) is 0 Å². The summed E-state index contributed by atoms with van der Waals surface area (Å²) in [6.07, 6.45) is 3.94. The molecule has 4 N–H and O–H groups in total. The van der Waals surface area contributed by atoms with Gasteiger partial charge in [0.25, 0.3) is 5.91 Å². The monoisotopic (exact) mass is 332 g/mol. The number of carbonyl (C=O) groups is 2. The second kappa shape index (κ2) is 8.26. The van der Waals surface area contributed by atoms with Crippen LogP contribution >= 0.6 is 11.6 Å². The van der Waals surface area contributed by atoms with Gasteiger partial charge in [-0.05, 0) is 43.3 Å². The number of hydrogen-bond acceptors (Lipinski definition) is 4. The maximum Gasteiger partial charge on any atom is 0.257 e. The van der Waals surface area contributed by atoms with E-state index < -0.39 is 0 Å². The second-order valence-corrected chi connectivity index (χ2v) is 5.26. The summed E-state index contributed by atoms with van der Waals surface area (Å²) in [5.41, 5.74) is 6.71. The molecule has 0 aliphatic carbocycles. The van der Waals surface area contributed by atoms with E-state index in [0.29, 0.717) is 41.3 Å². The van der Waals surface area contributed by atoms with Crippen LogP contribution in [0.25, 0.3) is 0 Å². The van der Waals surface area contributed by atoms with E-state index in [-0.39, 0.29) is 11.8 Å². The van der Waals surface area contributed by atoms with E-state index in [9.17, 15) is 9.59 Å². The molecule has 7 heteroatoms. The molecule has 23 heavy (non-hydrogen) atoms. The molecule has 0 aliphatic rings. The number of anilines is 2. The molecule has 0 unspecified atom stereocenters. The number of aromatic nitrogens is 1. The molecule has 0 spiro atoms. The molecule has 0 saturated heterocycles. The third kappa shape index (κ3) is 5.05. The highest BCUT2D eigenvalue weighted by atomic mass is 35.5. The average molecular weight is 333 g/mol. The summed E-state index contributed by atoms with van der Waals surface area (Å²) in [6, 6.07) is 8.18. The molecule has 120 valence electrons. The number of nitrogens with two attached hydrogens (primary N) is 1. The minimum absolute atomic E-state index is 0.186. The standard InChI is InChI=1S/C16H17ClN4O2/c17-12-5-6-13(14(9-12)20-15(22)4-1-7-18)21-16(23)11-3-2-8-19-10-11/h2-3,5-6,8-10H,1,4,7,18H2,(H,20,22)(H,21,23). The van der Waals surface area contributed by atoms with Crippen LogP contribution in [-0.2, 0) is 4.79 Å². The van der Waals surface area contributed by atoms with E-state index in [2.05, 4.69) is 15.6 Å². The van der Waals surface area contributed by atoms with Crippen LogP contribution in [0.5, 0.6) is 0 Å². The van der Waals surface area contributed by atoms with Crippen LogP contribution in [0.3, 0.4) is 0 Å². The van der Waals surface area contributed by atoms with Gasteiger partial charge in [0.15, 0.2) is 0 Å². The Bertz CT molecular complexity index is 692. The van der Waals surface area contributed by atoms with E-state index in [1.165, 1.54) is 6.20 Å². The number of amides is 2. The molecule has 1 heterocycles. The number of benzene rings is 1. The van der Waals surface area contributed by atoms with Crippen LogP contribution in [0.2, 0.25) is 5.02 Å². The highest BCUT2D eigenvalue weighted by Gasteiger charge is 2.12. The van der Waals surface area contributed by atoms with Crippen LogP contribution in [0.15, 0.2) is 42.7 Å². The van der Waals surface area contributed by atoms with Crippen LogP contribution < -0.4 is 16.4 Å². The highest BCUT2D eigenvalue weighted by Crippen LogP contribution is 2.26. The smallest absolute Gasteiger partial charge is 0.257 e. The van der Waals surface area contributed by atoms with Gasteiger partial charge in [-0.25, -0.2) is 0 Å². The number of pyridine rings is 1. The SMILES string of the molecule is NCCCC(=O)Nc1cc(Cl)ccc1NC(=O)c1cccnc1. The normalized spacial score (nSPS) is 10.2. The van der Waals surface area contributed by atoms with E-state index in [1.54, 1.807) is 36.5 Å². The van der Waals surface area contributed by atoms with Crippen molar-refractivity contribution in [3.63, 3.8) is 0 Å². The summed E-state index contributed by atoms with van der Waals surface area (Å²) < 4.78 is 0. The summed E-state index contributed by atoms with van der Waals surface area (Å²) >= 11 is 5.96. The van der Waals surface area contributed by atoms with Crippen molar-refractivity contribution in [2.45, 2.75) is 12.8 Å². The predicted octanol–water partition coefficient (Wildman–Crippen LogP) is 2.66. The Labute approximate surface area is 139 Å². The first-order valence-corrected chi connectivity index (χ1v) is 7.49. The number of rotatable bonds is 6. The molecular weight excluding hydrogens is 316 g/mol. The van der Waals surface area contributed by atoms with Gasteiger partial charge in [-0.3, -0.25) is 14.6 Å². The van der Waals surface area contributed by atoms with Crippen molar-refractivity contribution in [1.82, 2.24) is 4.98 Å². The van der Waals surface area contributed by atoms with Crippen LogP contribution in [-0.4, -0.2) is 23.3 Å². The Morgan fingerprint density at radius 3 is 2.70 bits per heavy atom. The molecule has 1 aromatic heterocycles. The summed E-state index contributed by atoms with van der Waals surface area (Å²) in [6.45, 7) is 0.438. The third-order valence-electron chi connectivity index (χ3n) is 3.04. The minimum Gasteiger partial charge on any atom is -0.330 e. The molecule has 1 aromatic carbocycles. The van der Waals surface area contributed by atoms with Gasteiger partial charge in [-0.1, -0.05) is 11.6 Å².